The van der Waals surface area contributed by atoms with Crippen molar-refractivity contribution < 1.29 is 8.78 Å². The van der Waals surface area contributed by atoms with Crippen LogP contribution in [0.3, 0.4) is 0 Å². The molecule has 1 saturated heterocycles. The third-order valence-corrected chi connectivity index (χ3v) is 2.78. The first-order valence-electron chi connectivity index (χ1n) is 5.67. The fraction of sp³-hybridized carbons (Fsp3) is 0.500. The summed E-state index contributed by atoms with van der Waals surface area (Å²) in [6.45, 7) is 3.62. The van der Waals surface area contributed by atoms with Crippen molar-refractivity contribution in [3.05, 3.63) is 29.8 Å². The van der Waals surface area contributed by atoms with Crippen molar-refractivity contribution in [2.45, 2.75) is 12.8 Å². The predicted octanol–water partition coefficient (Wildman–Crippen LogP) is 2.15. The van der Waals surface area contributed by atoms with Crippen molar-refractivity contribution in [2.75, 3.05) is 31.1 Å². The first-order valence-corrected chi connectivity index (χ1v) is 5.67. The van der Waals surface area contributed by atoms with Crippen molar-refractivity contribution in [1.29, 1.82) is 0 Å². The summed E-state index contributed by atoms with van der Waals surface area (Å²) in [6.07, 6.45) is 2.00. The lowest BCUT2D eigenvalue weighted by Crippen LogP contribution is -2.34. The molecular formula is C12H16F2N2. The molecule has 1 heterocycles. The zero-order chi connectivity index (χ0) is 11.4. The number of hydrogen-bond donors (Lipinski definition) is 1. The van der Waals surface area contributed by atoms with Crippen LogP contribution < -0.4 is 10.2 Å². The van der Waals surface area contributed by atoms with Gasteiger partial charge in [0.15, 0.2) is 0 Å². The van der Waals surface area contributed by atoms with Crippen LogP contribution in [0.5, 0.6) is 0 Å². The third kappa shape index (κ3) is 2.92. The summed E-state index contributed by atoms with van der Waals surface area (Å²) >= 11 is 0. The average Bonchev–Trinajstić information content (AvgIpc) is 2.14. The molecule has 0 saturated carbocycles. The molecule has 1 fully saturated rings. The normalized spacial score (nSPS) is 18.0. The molecule has 1 aliphatic rings. The lowest BCUT2D eigenvalue weighted by Gasteiger charge is -2.27. The van der Waals surface area contributed by atoms with Gasteiger partial charge in [-0.2, -0.15) is 0 Å². The van der Waals surface area contributed by atoms with Gasteiger partial charge in [0.1, 0.15) is 11.6 Å². The minimum atomic E-state index is -0.504. The second-order valence-electron chi connectivity index (χ2n) is 4.07. The third-order valence-electron chi connectivity index (χ3n) is 2.78. The Morgan fingerprint density at radius 1 is 0.938 bits per heavy atom. The van der Waals surface area contributed by atoms with Gasteiger partial charge < -0.3 is 10.2 Å². The lowest BCUT2D eigenvalue weighted by molar-refractivity contribution is 0.558. The van der Waals surface area contributed by atoms with Gasteiger partial charge in [-0.3, -0.25) is 0 Å². The summed E-state index contributed by atoms with van der Waals surface area (Å²) in [5.74, 6) is -1.01. The Labute approximate surface area is 94.3 Å². The molecule has 2 nitrogen and oxygen atoms in total. The van der Waals surface area contributed by atoms with E-state index in [9.17, 15) is 8.78 Å². The van der Waals surface area contributed by atoms with Crippen LogP contribution in [0, 0.1) is 11.6 Å². The fourth-order valence-electron chi connectivity index (χ4n) is 2.01. The van der Waals surface area contributed by atoms with Crippen molar-refractivity contribution in [1.82, 2.24) is 5.32 Å². The number of benzene rings is 1. The average molecular weight is 226 g/mol. The highest BCUT2D eigenvalue weighted by Gasteiger charge is 2.10. The zero-order valence-corrected chi connectivity index (χ0v) is 9.18. The molecule has 4 heteroatoms. The Kier molecular flexibility index (Phi) is 3.72. The van der Waals surface area contributed by atoms with Crippen LogP contribution >= 0.6 is 0 Å². The summed E-state index contributed by atoms with van der Waals surface area (Å²) in [6, 6.07) is 3.71. The van der Waals surface area contributed by atoms with E-state index in [4.69, 9.17) is 0 Å². The Morgan fingerprint density at radius 3 is 2.06 bits per heavy atom. The maximum absolute atomic E-state index is 13.1. The first kappa shape index (κ1) is 11.3. The van der Waals surface area contributed by atoms with E-state index in [1.165, 1.54) is 12.1 Å². The predicted molar refractivity (Wildman–Crippen MR) is 60.7 cm³/mol. The highest BCUT2D eigenvalue weighted by atomic mass is 19.1. The largest absolute Gasteiger partial charge is 0.371 e. The standard InChI is InChI=1S/C12H16F2N2/c13-10-7-11(14)9-12(8-10)16-5-1-3-15-4-2-6-16/h7-9,15H,1-6H2. The van der Waals surface area contributed by atoms with E-state index in [0.717, 1.165) is 45.1 Å². The Hall–Kier alpha value is -1.16. The monoisotopic (exact) mass is 226 g/mol. The molecule has 0 atom stereocenters. The molecule has 1 aromatic carbocycles. The van der Waals surface area contributed by atoms with E-state index < -0.39 is 11.6 Å². The van der Waals surface area contributed by atoms with Crippen molar-refractivity contribution in [3.63, 3.8) is 0 Å². The minimum absolute atomic E-state index is 0.504. The van der Waals surface area contributed by atoms with E-state index >= 15 is 0 Å². The number of anilines is 1. The Bertz CT molecular complexity index is 327. The van der Waals surface area contributed by atoms with Crippen LogP contribution in [-0.4, -0.2) is 26.2 Å². The van der Waals surface area contributed by atoms with Gasteiger partial charge in [-0.15, -0.1) is 0 Å². The summed E-state index contributed by atoms with van der Waals surface area (Å²) in [7, 11) is 0. The molecule has 0 aromatic heterocycles. The summed E-state index contributed by atoms with van der Waals surface area (Å²) in [5.41, 5.74) is 0.652. The van der Waals surface area contributed by atoms with E-state index in [-0.39, 0.29) is 0 Å². The van der Waals surface area contributed by atoms with E-state index in [0.29, 0.717) is 5.69 Å². The minimum Gasteiger partial charge on any atom is -0.371 e. The molecule has 0 bridgehead atoms. The molecule has 16 heavy (non-hydrogen) atoms. The fourth-order valence-corrected chi connectivity index (χ4v) is 2.01. The molecule has 0 spiro atoms. The number of nitrogens with one attached hydrogen (secondary N) is 1. The second kappa shape index (κ2) is 5.25. The highest BCUT2D eigenvalue weighted by molar-refractivity contribution is 5.46. The molecule has 2 rings (SSSR count). The van der Waals surface area contributed by atoms with E-state index in [1.807, 2.05) is 4.90 Å². The molecule has 0 unspecified atom stereocenters. The molecule has 1 aromatic rings. The van der Waals surface area contributed by atoms with Gasteiger partial charge in [0, 0.05) is 24.8 Å². The number of rotatable bonds is 1. The van der Waals surface area contributed by atoms with Crippen LogP contribution in [0.1, 0.15) is 12.8 Å². The molecule has 0 aliphatic carbocycles. The van der Waals surface area contributed by atoms with Crippen LogP contribution in [0.2, 0.25) is 0 Å². The van der Waals surface area contributed by atoms with Gasteiger partial charge in [-0.25, -0.2) is 8.78 Å². The molecule has 1 N–H and O–H groups in total. The van der Waals surface area contributed by atoms with Gasteiger partial charge in [0.2, 0.25) is 0 Å². The Morgan fingerprint density at radius 2 is 1.50 bits per heavy atom. The second-order valence-corrected chi connectivity index (χ2v) is 4.07. The molecular weight excluding hydrogens is 210 g/mol. The van der Waals surface area contributed by atoms with Crippen molar-refractivity contribution in [3.8, 4) is 0 Å². The number of nitrogens with zero attached hydrogens (tertiary/aromatic N) is 1. The zero-order valence-electron chi connectivity index (χ0n) is 9.18. The SMILES string of the molecule is Fc1cc(F)cc(N2CCCNCCC2)c1. The smallest absolute Gasteiger partial charge is 0.128 e. The lowest BCUT2D eigenvalue weighted by atomic mass is 10.2. The number of halogens is 2. The van der Waals surface area contributed by atoms with Gasteiger partial charge in [-0.1, -0.05) is 0 Å². The van der Waals surface area contributed by atoms with Gasteiger partial charge >= 0.3 is 0 Å². The molecule has 0 amide bonds. The molecule has 88 valence electrons. The Balaban J connectivity index is 2.13. The van der Waals surface area contributed by atoms with Crippen LogP contribution in [0.4, 0.5) is 14.5 Å². The number of hydrogen-bond acceptors (Lipinski definition) is 2. The van der Waals surface area contributed by atoms with Crippen molar-refractivity contribution >= 4 is 5.69 Å². The highest BCUT2D eigenvalue weighted by Crippen LogP contribution is 2.19. The molecule has 1 aliphatic heterocycles. The topological polar surface area (TPSA) is 15.3 Å². The van der Waals surface area contributed by atoms with E-state index in [1.54, 1.807) is 0 Å². The van der Waals surface area contributed by atoms with Crippen LogP contribution in [0.25, 0.3) is 0 Å². The van der Waals surface area contributed by atoms with Crippen molar-refractivity contribution in [2.24, 2.45) is 0 Å². The summed E-state index contributed by atoms with van der Waals surface area (Å²) in [4.78, 5) is 2.05. The van der Waals surface area contributed by atoms with Crippen LogP contribution in [0.15, 0.2) is 18.2 Å². The maximum Gasteiger partial charge on any atom is 0.128 e. The van der Waals surface area contributed by atoms with Crippen LogP contribution in [-0.2, 0) is 0 Å². The molecule has 0 radical (unpaired) electrons. The summed E-state index contributed by atoms with van der Waals surface area (Å²) < 4.78 is 26.2. The van der Waals surface area contributed by atoms with Gasteiger partial charge in [0.05, 0.1) is 0 Å². The van der Waals surface area contributed by atoms with Gasteiger partial charge in [-0.05, 0) is 38.1 Å². The maximum atomic E-state index is 13.1. The van der Waals surface area contributed by atoms with Gasteiger partial charge in [0.25, 0.3) is 0 Å². The summed E-state index contributed by atoms with van der Waals surface area (Å²) in [5, 5.41) is 3.31. The first-order chi connectivity index (χ1) is 7.75. The van der Waals surface area contributed by atoms with E-state index in [2.05, 4.69) is 5.32 Å². The quantitative estimate of drug-likeness (QED) is 0.789.